The average molecular weight is 255 g/mol. The molecule has 0 heterocycles. The Hall–Kier alpha value is -2.07. The maximum atomic E-state index is 8.77. The quantitative estimate of drug-likeness (QED) is 0.545. The summed E-state index contributed by atoms with van der Waals surface area (Å²) in [4.78, 5) is 0. The highest BCUT2D eigenvalue weighted by Crippen LogP contribution is 2.26. The van der Waals surface area contributed by atoms with Gasteiger partial charge in [-0.2, -0.15) is 0 Å². The topological polar surface area (TPSA) is 80.9 Å². The molecule has 0 bridgehead atoms. The summed E-state index contributed by atoms with van der Waals surface area (Å²) in [5.41, 5.74) is 0. The van der Waals surface area contributed by atoms with Crippen LogP contribution < -0.4 is 0 Å². The highest BCUT2D eigenvalue weighted by molar-refractivity contribution is 6.30. The van der Waals surface area contributed by atoms with Crippen molar-refractivity contribution in [2.75, 3.05) is 0 Å². The number of hydrogen-bond acceptors (Lipinski definition) is 4. The summed E-state index contributed by atoms with van der Waals surface area (Å²) in [7, 11) is 0. The van der Waals surface area contributed by atoms with E-state index < -0.39 is 0 Å². The number of benzene rings is 2. The van der Waals surface area contributed by atoms with Crippen LogP contribution in [0, 0.1) is 0 Å². The van der Waals surface area contributed by atoms with E-state index >= 15 is 0 Å². The largest absolute Gasteiger partial charge is 0.504 e. The van der Waals surface area contributed by atoms with Crippen LogP contribution in [0.4, 0.5) is 0 Å². The van der Waals surface area contributed by atoms with Crippen LogP contribution in [0.5, 0.6) is 23.0 Å². The third-order valence-electron chi connectivity index (χ3n) is 1.82. The van der Waals surface area contributed by atoms with Gasteiger partial charge < -0.3 is 20.4 Å². The van der Waals surface area contributed by atoms with Crippen molar-refractivity contribution < 1.29 is 20.4 Å². The van der Waals surface area contributed by atoms with E-state index in [0.717, 1.165) is 0 Å². The normalized spacial score (nSPS) is 9.24. The molecule has 5 heteroatoms. The van der Waals surface area contributed by atoms with Gasteiger partial charge in [0.2, 0.25) is 0 Å². The molecule has 0 spiro atoms. The molecule has 4 N–H and O–H groups in total. The van der Waals surface area contributed by atoms with Gasteiger partial charge in [-0.1, -0.05) is 23.7 Å². The van der Waals surface area contributed by atoms with Gasteiger partial charge in [-0.15, -0.1) is 0 Å². The molecule has 0 saturated heterocycles. The van der Waals surface area contributed by atoms with Crippen LogP contribution in [0.2, 0.25) is 5.02 Å². The van der Waals surface area contributed by atoms with Crippen molar-refractivity contribution in [3.8, 4) is 23.0 Å². The Morgan fingerprint density at radius 3 is 1.47 bits per heavy atom. The van der Waals surface area contributed by atoms with E-state index in [2.05, 4.69) is 0 Å². The zero-order valence-corrected chi connectivity index (χ0v) is 9.46. The highest BCUT2D eigenvalue weighted by Gasteiger charge is 1.96. The van der Waals surface area contributed by atoms with Crippen LogP contribution in [0.15, 0.2) is 42.5 Å². The van der Waals surface area contributed by atoms with Crippen molar-refractivity contribution in [1.29, 1.82) is 0 Å². The van der Waals surface area contributed by atoms with Crippen molar-refractivity contribution in [2.45, 2.75) is 0 Å². The van der Waals surface area contributed by atoms with Crippen molar-refractivity contribution in [3.05, 3.63) is 47.5 Å². The maximum Gasteiger partial charge on any atom is 0.158 e. The lowest BCUT2D eigenvalue weighted by molar-refractivity contribution is 0.404. The summed E-state index contributed by atoms with van der Waals surface area (Å²) in [5.74, 6) is -0.498. The summed E-state index contributed by atoms with van der Waals surface area (Å²) in [6, 6.07) is 10.2. The van der Waals surface area contributed by atoms with Gasteiger partial charge in [0.15, 0.2) is 23.0 Å². The Morgan fingerprint density at radius 2 is 1.12 bits per heavy atom. The predicted molar refractivity (Wildman–Crippen MR) is 64.6 cm³/mol. The molecule has 0 fully saturated rings. The summed E-state index contributed by atoms with van der Waals surface area (Å²) in [6.07, 6.45) is 0. The van der Waals surface area contributed by atoms with Gasteiger partial charge in [0.25, 0.3) is 0 Å². The molecule has 0 aliphatic rings. The first kappa shape index (κ1) is 13.0. The number of hydrogen-bond donors (Lipinski definition) is 4. The lowest BCUT2D eigenvalue weighted by atomic mass is 10.3. The van der Waals surface area contributed by atoms with Gasteiger partial charge in [-0.25, -0.2) is 0 Å². The Kier molecular flexibility index (Phi) is 4.48. The fourth-order valence-corrected chi connectivity index (χ4v) is 1.13. The SMILES string of the molecule is Oc1ccc(Cl)cc1O.Oc1ccccc1O. The molecule has 2 aromatic carbocycles. The minimum Gasteiger partial charge on any atom is -0.504 e. The molecule has 4 nitrogen and oxygen atoms in total. The molecule has 90 valence electrons. The maximum absolute atomic E-state index is 8.77. The second kappa shape index (κ2) is 5.86. The van der Waals surface area contributed by atoms with Gasteiger partial charge in [-0.05, 0) is 24.3 Å². The number of aromatic hydroxyl groups is 4. The molecule has 0 aromatic heterocycles. The fraction of sp³-hybridized carbons (Fsp3) is 0. The van der Waals surface area contributed by atoms with Crippen LogP contribution in [0.1, 0.15) is 0 Å². The molecular formula is C12H11ClO4. The van der Waals surface area contributed by atoms with Gasteiger partial charge in [0, 0.05) is 11.1 Å². The number of para-hydroxylation sites is 2. The van der Waals surface area contributed by atoms with E-state index in [1.54, 1.807) is 12.1 Å². The smallest absolute Gasteiger partial charge is 0.158 e. The highest BCUT2D eigenvalue weighted by atomic mass is 35.5. The van der Waals surface area contributed by atoms with Crippen molar-refractivity contribution >= 4 is 11.6 Å². The second-order valence-electron chi connectivity index (χ2n) is 3.12. The summed E-state index contributed by atoms with van der Waals surface area (Å²) < 4.78 is 0. The Balaban J connectivity index is 0.000000171. The third-order valence-corrected chi connectivity index (χ3v) is 2.05. The minimum atomic E-state index is -0.192. The lowest BCUT2D eigenvalue weighted by Crippen LogP contribution is -1.66. The zero-order valence-electron chi connectivity index (χ0n) is 8.71. The Morgan fingerprint density at radius 1 is 0.647 bits per heavy atom. The molecule has 0 aliphatic heterocycles. The lowest BCUT2D eigenvalue weighted by Gasteiger charge is -1.94. The molecule has 0 amide bonds. The first-order valence-corrected chi connectivity index (χ1v) is 5.03. The van der Waals surface area contributed by atoms with Gasteiger partial charge in [0.05, 0.1) is 0 Å². The van der Waals surface area contributed by atoms with E-state index in [-0.39, 0.29) is 23.0 Å². The summed E-state index contributed by atoms with van der Waals surface area (Å²) >= 11 is 5.45. The van der Waals surface area contributed by atoms with E-state index in [4.69, 9.17) is 32.0 Å². The number of rotatable bonds is 0. The van der Waals surface area contributed by atoms with Gasteiger partial charge >= 0.3 is 0 Å². The van der Waals surface area contributed by atoms with Crippen LogP contribution in [0.3, 0.4) is 0 Å². The van der Waals surface area contributed by atoms with Crippen LogP contribution in [-0.4, -0.2) is 20.4 Å². The first-order valence-electron chi connectivity index (χ1n) is 4.65. The second-order valence-corrected chi connectivity index (χ2v) is 3.56. The first-order chi connectivity index (χ1) is 8.00. The standard InChI is InChI=1S/C6H5ClO2.C6H6O2/c7-4-1-2-5(8)6(9)3-4;7-5-3-1-2-4-6(5)8/h1-3,8-9H;1-4,7-8H. The number of phenolic OH excluding ortho intramolecular Hbond substituents is 4. The van der Waals surface area contributed by atoms with Crippen LogP contribution >= 0.6 is 11.6 Å². The third kappa shape index (κ3) is 4.12. The van der Waals surface area contributed by atoms with Crippen molar-refractivity contribution in [1.82, 2.24) is 0 Å². The molecule has 0 radical (unpaired) electrons. The fourth-order valence-electron chi connectivity index (χ4n) is 0.961. The van der Waals surface area contributed by atoms with Gasteiger partial charge in [0.1, 0.15) is 0 Å². The zero-order chi connectivity index (χ0) is 12.8. The molecule has 0 aliphatic carbocycles. The average Bonchev–Trinajstić information content (AvgIpc) is 2.29. The number of phenols is 4. The Labute approximate surface area is 103 Å². The molecule has 2 rings (SSSR count). The molecule has 0 saturated carbocycles. The number of halogens is 1. The van der Waals surface area contributed by atoms with E-state index in [1.165, 1.54) is 30.3 Å². The molecular weight excluding hydrogens is 244 g/mol. The predicted octanol–water partition coefficient (Wildman–Crippen LogP) is 2.85. The van der Waals surface area contributed by atoms with Crippen LogP contribution in [0.25, 0.3) is 0 Å². The minimum absolute atomic E-state index is 0.0764. The molecule has 2 aromatic rings. The Bertz CT molecular complexity index is 479. The molecule has 17 heavy (non-hydrogen) atoms. The van der Waals surface area contributed by atoms with Crippen molar-refractivity contribution in [2.24, 2.45) is 0 Å². The molecule has 0 atom stereocenters. The van der Waals surface area contributed by atoms with E-state index in [1.807, 2.05) is 0 Å². The van der Waals surface area contributed by atoms with E-state index in [0.29, 0.717) is 5.02 Å². The van der Waals surface area contributed by atoms with Gasteiger partial charge in [-0.3, -0.25) is 0 Å². The molecule has 0 unspecified atom stereocenters. The van der Waals surface area contributed by atoms with Crippen molar-refractivity contribution in [3.63, 3.8) is 0 Å². The van der Waals surface area contributed by atoms with E-state index in [9.17, 15) is 0 Å². The monoisotopic (exact) mass is 254 g/mol. The summed E-state index contributed by atoms with van der Waals surface area (Å²) in [6.45, 7) is 0. The summed E-state index contributed by atoms with van der Waals surface area (Å²) in [5, 5.41) is 35.2. The van der Waals surface area contributed by atoms with Crippen LogP contribution in [-0.2, 0) is 0 Å².